The van der Waals surface area contributed by atoms with Crippen LogP contribution in [0.15, 0.2) is 24.3 Å². The molecule has 0 radical (unpaired) electrons. The van der Waals surface area contributed by atoms with Gasteiger partial charge in [0.1, 0.15) is 11.6 Å². The van der Waals surface area contributed by atoms with Gasteiger partial charge >= 0.3 is 0 Å². The van der Waals surface area contributed by atoms with Gasteiger partial charge in [0.15, 0.2) is 0 Å². The van der Waals surface area contributed by atoms with Crippen molar-refractivity contribution in [2.45, 2.75) is 25.3 Å². The summed E-state index contributed by atoms with van der Waals surface area (Å²) in [5.41, 5.74) is 0. The molecule has 0 heterocycles. The molecule has 1 saturated carbocycles. The molecule has 1 aromatic rings. The number of ether oxygens (including phenoxy) is 1. The normalized spacial score (nSPS) is 14.2. The van der Waals surface area contributed by atoms with Gasteiger partial charge in [-0.2, -0.15) is 0 Å². The van der Waals surface area contributed by atoms with E-state index in [0.717, 1.165) is 12.8 Å². The maximum absolute atomic E-state index is 12.9. The van der Waals surface area contributed by atoms with Gasteiger partial charge in [-0.1, -0.05) is 6.07 Å². The van der Waals surface area contributed by atoms with Gasteiger partial charge in [0.05, 0.1) is 19.6 Å². The molecule has 4 nitrogen and oxygen atoms in total. The summed E-state index contributed by atoms with van der Waals surface area (Å²) >= 11 is 0. The summed E-state index contributed by atoms with van der Waals surface area (Å²) in [5, 5.41) is 8.93. The minimum atomic E-state index is -0.358. The zero-order valence-electron chi connectivity index (χ0n) is 10.7. The van der Waals surface area contributed by atoms with E-state index in [1.165, 1.54) is 12.1 Å². The first-order valence-corrected chi connectivity index (χ1v) is 6.49. The summed E-state index contributed by atoms with van der Waals surface area (Å²) in [6.07, 6.45) is 2.26. The zero-order valence-corrected chi connectivity index (χ0v) is 10.7. The van der Waals surface area contributed by atoms with Crippen LogP contribution in [0.1, 0.15) is 19.3 Å². The van der Waals surface area contributed by atoms with Gasteiger partial charge in [0.25, 0.3) is 0 Å². The molecule has 1 aliphatic carbocycles. The van der Waals surface area contributed by atoms with Gasteiger partial charge in [-0.15, -0.1) is 0 Å². The van der Waals surface area contributed by atoms with Crippen molar-refractivity contribution >= 4 is 5.91 Å². The van der Waals surface area contributed by atoms with Crippen molar-refractivity contribution in [1.29, 1.82) is 0 Å². The number of halogens is 1. The Morgan fingerprint density at radius 3 is 2.89 bits per heavy atom. The molecule has 0 spiro atoms. The summed E-state index contributed by atoms with van der Waals surface area (Å²) in [5.74, 6) is 0.0459. The Kier molecular flexibility index (Phi) is 4.74. The summed E-state index contributed by atoms with van der Waals surface area (Å²) in [6, 6.07) is 6.13. The van der Waals surface area contributed by atoms with Gasteiger partial charge in [-0.05, 0) is 25.0 Å². The van der Waals surface area contributed by atoms with E-state index in [1.54, 1.807) is 17.0 Å². The van der Waals surface area contributed by atoms with Crippen LogP contribution in [0.2, 0.25) is 0 Å². The molecular weight excluding hydrogens is 249 g/mol. The fraction of sp³-hybridized carbons (Fsp3) is 0.500. The van der Waals surface area contributed by atoms with Crippen molar-refractivity contribution < 1.29 is 19.0 Å². The molecule has 19 heavy (non-hydrogen) atoms. The lowest BCUT2D eigenvalue weighted by Crippen LogP contribution is -2.36. The Morgan fingerprint density at radius 2 is 2.26 bits per heavy atom. The second kappa shape index (κ2) is 6.52. The predicted molar refractivity (Wildman–Crippen MR) is 68.3 cm³/mol. The summed E-state index contributed by atoms with van der Waals surface area (Å²) in [6.45, 7) is 0.577. The van der Waals surface area contributed by atoms with E-state index >= 15 is 0 Å². The number of hydrogen-bond donors (Lipinski definition) is 1. The van der Waals surface area contributed by atoms with E-state index in [-0.39, 0.29) is 37.4 Å². The first-order valence-electron chi connectivity index (χ1n) is 6.49. The van der Waals surface area contributed by atoms with Gasteiger partial charge in [-0.3, -0.25) is 4.79 Å². The quantitative estimate of drug-likeness (QED) is 0.816. The van der Waals surface area contributed by atoms with E-state index in [1.807, 2.05) is 0 Å². The molecule has 104 valence electrons. The van der Waals surface area contributed by atoms with Gasteiger partial charge in [0.2, 0.25) is 5.91 Å². The molecule has 1 fully saturated rings. The van der Waals surface area contributed by atoms with E-state index in [2.05, 4.69) is 0 Å². The smallest absolute Gasteiger partial charge is 0.226 e. The summed E-state index contributed by atoms with van der Waals surface area (Å²) in [4.78, 5) is 13.6. The van der Waals surface area contributed by atoms with Gasteiger partial charge in [-0.25, -0.2) is 4.39 Å². The minimum absolute atomic E-state index is 0.0204. The first-order chi connectivity index (χ1) is 9.20. The van der Waals surface area contributed by atoms with Gasteiger partial charge < -0.3 is 14.7 Å². The van der Waals surface area contributed by atoms with E-state index < -0.39 is 0 Å². The van der Waals surface area contributed by atoms with E-state index in [0.29, 0.717) is 12.3 Å². The second-order valence-electron chi connectivity index (χ2n) is 4.60. The maximum Gasteiger partial charge on any atom is 0.226 e. The standard InChI is InChI=1S/C14H18FNO3/c15-11-2-1-3-13(10-11)19-9-6-14(18)16(7-8-17)12-4-5-12/h1-3,10,12,17H,4-9H2. The van der Waals surface area contributed by atoms with Crippen molar-refractivity contribution in [2.75, 3.05) is 19.8 Å². The molecule has 1 N–H and O–H groups in total. The summed E-state index contributed by atoms with van der Waals surface area (Å²) < 4.78 is 18.2. The molecule has 1 aromatic carbocycles. The fourth-order valence-corrected chi connectivity index (χ4v) is 1.96. The molecule has 0 saturated heterocycles. The molecule has 1 aliphatic rings. The zero-order chi connectivity index (χ0) is 13.7. The Balaban J connectivity index is 1.76. The SMILES string of the molecule is O=C(CCOc1cccc(F)c1)N(CCO)C1CC1. The number of aliphatic hydroxyl groups is 1. The van der Waals surface area contributed by atoms with Crippen LogP contribution < -0.4 is 4.74 Å². The average Bonchev–Trinajstić information content (AvgIpc) is 3.20. The third kappa shape index (κ3) is 4.21. The average molecular weight is 267 g/mol. The Labute approximate surface area is 111 Å². The highest BCUT2D eigenvalue weighted by Gasteiger charge is 2.31. The molecule has 1 amide bonds. The third-order valence-corrected chi connectivity index (χ3v) is 3.03. The van der Waals surface area contributed by atoms with E-state index in [9.17, 15) is 9.18 Å². The lowest BCUT2D eigenvalue weighted by Gasteiger charge is -2.21. The van der Waals surface area contributed by atoms with Crippen molar-refractivity contribution in [3.05, 3.63) is 30.1 Å². The number of carbonyl (C=O) groups is 1. The number of carbonyl (C=O) groups excluding carboxylic acids is 1. The molecule has 0 bridgehead atoms. The monoisotopic (exact) mass is 267 g/mol. The third-order valence-electron chi connectivity index (χ3n) is 3.03. The molecule has 0 aliphatic heterocycles. The highest BCUT2D eigenvalue weighted by atomic mass is 19.1. The topological polar surface area (TPSA) is 49.8 Å². The van der Waals surface area contributed by atoms with Crippen molar-refractivity contribution in [3.8, 4) is 5.75 Å². The summed E-state index contributed by atoms with van der Waals surface area (Å²) in [7, 11) is 0. The fourth-order valence-electron chi connectivity index (χ4n) is 1.96. The first kappa shape index (κ1) is 13.8. The van der Waals surface area contributed by atoms with Crippen molar-refractivity contribution in [2.24, 2.45) is 0 Å². The lowest BCUT2D eigenvalue weighted by molar-refractivity contribution is -0.132. The van der Waals surface area contributed by atoms with Crippen LogP contribution in [-0.2, 0) is 4.79 Å². The van der Waals surface area contributed by atoms with Crippen LogP contribution in [0.5, 0.6) is 5.75 Å². The van der Waals surface area contributed by atoms with Crippen LogP contribution in [0.25, 0.3) is 0 Å². The molecular formula is C14H18FNO3. The number of rotatable bonds is 7. The number of hydrogen-bond acceptors (Lipinski definition) is 3. The number of benzene rings is 1. The Morgan fingerprint density at radius 1 is 1.47 bits per heavy atom. The maximum atomic E-state index is 12.9. The molecule has 0 aromatic heterocycles. The highest BCUT2D eigenvalue weighted by molar-refractivity contribution is 5.77. The Hall–Kier alpha value is -1.62. The van der Waals surface area contributed by atoms with E-state index in [4.69, 9.17) is 9.84 Å². The number of nitrogens with zero attached hydrogens (tertiary/aromatic N) is 1. The largest absolute Gasteiger partial charge is 0.493 e. The van der Waals surface area contributed by atoms with Crippen molar-refractivity contribution in [3.63, 3.8) is 0 Å². The highest BCUT2D eigenvalue weighted by Crippen LogP contribution is 2.27. The minimum Gasteiger partial charge on any atom is -0.493 e. The molecule has 2 rings (SSSR count). The van der Waals surface area contributed by atoms with Crippen molar-refractivity contribution in [1.82, 2.24) is 4.90 Å². The predicted octanol–water partition coefficient (Wildman–Crippen LogP) is 1.58. The van der Waals surface area contributed by atoms with Crippen LogP contribution in [-0.4, -0.2) is 41.7 Å². The van der Waals surface area contributed by atoms with Crippen LogP contribution >= 0.6 is 0 Å². The van der Waals surface area contributed by atoms with Crippen LogP contribution in [0.4, 0.5) is 4.39 Å². The second-order valence-corrected chi connectivity index (χ2v) is 4.60. The van der Waals surface area contributed by atoms with Crippen LogP contribution in [0, 0.1) is 5.82 Å². The molecule has 5 heteroatoms. The molecule has 0 unspecified atom stereocenters. The number of amides is 1. The van der Waals surface area contributed by atoms with Crippen LogP contribution in [0.3, 0.4) is 0 Å². The Bertz CT molecular complexity index is 434. The van der Waals surface area contributed by atoms with Gasteiger partial charge in [0, 0.05) is 18.7 Å². The number of aliphatic hydroxyl groups excluding tert-OH is 1. The lowest BCUT2D eigenvalue weighted by atomic mass is 10.3. The molecule has 0 atom stereocenters.